The maximum atomic E-state index is 7.44. The summed E-state index contributed by atoms with van der Waals surface area (Å²) in [5, 5.41) is 0. The summed E-state index contributed by atoms with van der Waals surface area (Å²) in [7, 11) is 0. The molecule has 48 valence electrons. The van der Waals surface area contributed by atoms with E-state index in [2.05, 4.69) is 20.9 Å². The van der Waals surface area contributed by atoms with Gasteiger partial charge in [0, 0.05) is 13.1 Å². The molecule has 0 unspecified atom stereocenters. The molecule has 0 aromatic carbocycles. The molecule has 0 N–H and O–H groups in total. The van der Waals surface area contributed by atoms with Gasteiger partial charge in [-0.05, 0) is 33.9 Å². The van der Waals surface area contributed by atoms with Gasteiger partial charge in [0.15, 0.2) is 0 Å². The van der Waals surface area contributed by atoms with Gasteiger partial charge in [-0.2, -0.15) is 0 Å². The summed E-state index contributed by atoms with van der Waals surface area (Å²) in [5.41, 5.74) is 0.0562. The van der Waals surface area contributed by atoms with Crippen LogP contribution in [0.2, 0.25) is 0 Å². The van der Waals surface area contributed by atoms with Crippen LogP contribution in [-0.4, -0.2) is 4.98 Å². The third-order valence-electron chi connectivity index (χ3n) is 0.872. The van der Waals surface area contributed by atoms with Crippen LogP contribution in [0.1, 0.15) is 19.3 Å². The van der Waals surface area contributed by atoms with E-state index >= 15 is 0 Å². The zero-order valence-corrected chi connectivity index (χ0v) is 6.14. The Hall–Kier alpha value is -0.370. The summed E-state index contributed by atoms with van der Waals surface area (Å²) in [6.45, 7) is -2.68. The SMILES string of the molecule is [2H]C([2H])([2H])C([2H])([2H])c1ccc(Br)nc1. The Morgan fingerprint density at radius 1 is 1.89 bits per heavy atom. The molecule has 0 amide bonds. The van der Waals surface area contributed by atoms with E-state index in [1.807, 2.05) is 0 Å². The van der Waals surface area contributed by atoms with Crippen molar-refractivity contribution in [3.63, 3.8) is 0 Å². The van der Waals surface area contributed by atoms with Gasteiger partial charge in [0.1, 0.15) is 4.60 Å². The highest BCUT2D eigenvalue weighted by Crippen LogP contribution is 2.05. The summed E-state index contributed by atoms with van der Waals surface area (Å²) in [4.78, 5) is 3.79. The Balaban J connectivity index is 3.10. The van der Waals surface area contributed by atoms with E-state index < -0.39 is 13.2 Å². The lowest BCUT2D eigenvalue weighted by Crippen LogP contribution is -1.80. The first-order valence-electron chi connectivity index (χ1n) is 4.87. The first-order valence-corrected chi connectivity index (χ1v) is 3.16. The monoisotopic (exact) mass is 190 g/mol. The number of aryl methyl sites for hydroxylation is 1. The Kier molecular flexibility index (Phi) is 0.892. The molecule has 0 aliphatic heterocycles. The van der Waals surface area contributed by atoms with Crippen LogP contribution in [0.25, 0.3) is 0 Å². The predicted octanol–water partition coefficient (Wildman–Crippen LogP) is 2.41. The van der Waals surface area contributed by atoms with Crippen LogP contribution in [0, 0.1) is 0 Å². The van der Waals surface area contributed by atoms with Crippen LogP contribution in [-0.2, 0) is 6.37 Å². The lowest BCUT2D eigenvalue weighted by molar-refractivity contribution is 1.09. The molecule has 0 atom stereocenters. The van der Waals surface area contributed by atoms with Crippen LogP contribution in [0.15, 0.2) is 22.9 Å². The van der Waals surface area contributed by atoms with Crippen LogP contribution < -0.4 is 0 Å². The number of hydrogen-bond donors (Lipinski definition) is 0. The molecule has 0 saturated carbocycles. The highest BCUT2D eigenvalue weighted by atomic mass is 79.9. The van der Waals surface area contributed by atoms with E-state index in [0.29, 0.717) is 4.60 Å². The Morgan fingerprint density at radius 3 is 3.33 bits per heavy atom. The molecular weight excluding hydrogens is 178 g/mol. The van der Waals surface area contributed by atoms with E-state index in [-0.39, 0.29) is 5.56 Å². The molecule has 0 fully saturated rings. The van der Waals surface area contributed by atoms with Crippen molar-refractivity contribution in [2.75, 3.05) is 0 Å². The number of rotatable bonds is 1. The van der Waals surface area contributed by atoms with Crippen molar-refractivity contribution < 1.29 is 6.85 Å². The fourth-order valence-electron chi connectivity index (χ4n) is 0.450. The Labute approximate surface area is 70.3 Å². The quantitative estimate of drug-likeness (QED) is 0.621. The molecule has 2 heteroatoms. The molecule has 9 heavy (non-hydrogen) atoms. The van der Waals surface area contributed by atoms with E-state index in [0.717, 1.165) is 0 Å². The lowest BCUT2D eigenvalue weighted by Gasteiger charge is -1.92. The van der Waals surface area contributed by atoms with Crippen molar-refractivity contribution in [3.8, 4) is 0 Å². The molecule has 0 saturated heterocycles. The van der Waals surface area contributed by atoms with E-state index in [4.69, 9.17) is 6.85 Å². The van der Waals surface area contributed by atoms with Crippen molar-refractivity contribution >= 4 is 15.9 Å². The lowest BCUT2D eigenvalue weighted by atomic mass is 10.2. The summed E-state index contributed by atoms with van der Waals surface area (Å²) in [6.07, 6.45) is -1.14. The minimum atomic E-state index is -2.68. The van der Waals surface area contributed by atoms with Gasteiger partial charge in [0.05, 0.1) is 0 Å². The number of halogens is 1. The number of pyridine rings is 1. The highest BCUT2D eigenvalue weighted by Gasteiger charge is 1.87. The highest BCUT2D eigenvalue weighted by molar-refractivity contribution is 9.10. The molecule has 0 spiro atoms. The second-order valence-corrected chi connectivity index (χ2v) is 2.31. The van der Waals surface area contributed by atoms with Gasteiger partial charge in [-0.25, -0.2) is 4.98 Å². The summed E-state index contributed by atoms with van der Waals surface area (Å²) in [6, 6.07) is 2.92. The minimum absolute atomic E-state index is 0.0562. The molecule has 0 aliphatic rings. The normalized spacial score (nSPS) is 20.8. The third kappa shape index (κ3) is 1.79. The second-order valence-electron chi connectivity index (χ2n) is 1.49. The third-order valence-corrected chi connectivity index (χ3v) is 1.34. The molecule has 1 nitrogen and oxygen atoms in total. The number of hydrogen-bond acceptors (Lipinski definition) is 1. The van der Waals surface area contributed by atoms with Gasteiger partial charge in [-0.1, -0.05) is 12.9 Å². The van der Waals surface area contributed by atoms with Gasteiger partial charge in [-0.15, -0.1) is 0 Å². The van der Waals surface area contributed by atoms with Crippen LogP contribution in [0.4, 0.5) is 0 Å². The maximum absolute atomic E-state index is 7.44. The topological polar surface area (TPSA) is 12.9 Å². The Morgan fingerprint density at radius 2 is 2.78 bits per heavy atom. The van der Waals surface area contributed by atoms with Gasteiger partial charge in [-0.3, -0.25) is 0 Å². The van der Waals surface area contributed by atoms with Gasteiger partial charge in [0.25, 0.3) is 0 Å². The van der Waals surface area contributed by atoms with Crippen molar-refractivity contribution in [2.24, 2.45) is 0 Å². The smallest absolute Gasteiger partial charge is 0.106 e. The summed E-state index contributed by atoms with van der Waals surface area (Å²) < 4.78 is 36.6. The van der Waals surface area contributed by atoms with Gasteiger partial charge in [0.2, 0.25) is 0 Å². The molecular formula is C7H8BrN. The fraction of sp³-hybridized carbons (Fsp3) is 0.286. The molecule has 0 radical (unpaired) electrons. The van der Waals surface area contributed by atoms with E-state index in [9.17, 15) is 0 Å². The molecule has 1 aromatic rings. The predicted molar refractivity (Wildman–Crippen MR) is 41.3 cm³/mol. The van der Waals surface area contributed by atoms with Crippen molar-refractivity contribution in [2.45, 2.75) is 13.2 Å². The zero-order valence-electron chi connectivity index (χ0n) is 9.56. The molecule has 1 heterocycles. The maximum Gasteiger partial charge on any atom is 0.106 e. The van der Waals surface area contributed by atoms with E-state index in [1.54, 1.807) is 0 Å². The van der Waals surface area contributed by atoms with Crippen LogP contribution >= 0.6 is 15.9 Å². The van der Waals surface area contributed by atoms with Crippen LogP contribution in [0.3, 0.4) is 0 Å². The first kappa shape index (κ1) is 2.70. The van der Waals surface area contributed by atoms with E-state index in [1.165, 1.54) is 18.3 Å². The van der Waals surface area contributed by atoms with Crippen molar-refractivity contribution in [3.05, 3.63) is 28.5 Å². The number of nitrogens with zero attached hydrogens (tertiary/aromatic N) is 1. The average molecular weight is 191 g/mol. The molecule has 0 aliphatic carbocycles. The van der Waals surface area contributed by atoms with Crippen molar-refractivity contribution in [1.82, 2.24) is 4.98 Å². The summed E-state index contributed by atoms with van der Waals surface area (Å²) >= 11 is 3.09. The first-order chi connectivity index (χ1) is 6.25. The Bertz CT molecular complexity index is 318. The van der Waals surface area contributed by atoms with Crippen LogP contribution in [0.5, 0.6) is 0 Å². The van der Waals surface area contributed by atoms with Gasteiger partial charge < -0.3 is 0 Å². The van der Waals surface area contributed by atoms with Gasteiger partial charge >= 0.3 is 0 Å². The molecule has 0 bridgehead atoms. The second kappa shape index (κ2) is 2.97. The molecule has 1 aromatic heterocycles. The number of aromatic nitrogens is 1. The largest absolute Gasteiger partial charge is 0.249 e. The molecule has 1 rings (SSSR count). The fourth-order valence-corrected chi connectivity index (χ4v) is 0.684. The standard InChI is InChI=1S/C7H8BrN/c1-2-6-3-4-7(8)9-5-6/h3-5H,2H2,1H3/i1D3,2D2. The average Bonchev–Trinajstić information content (AvgIpc) is 2.03. The minimum Gasteiger partial charge on any atom is -0.249 e. The zero-order chi connectivity index (χ0) is 11.0. The van der Waals surface area contributed by atoms with Crippen molar-refractivity contribution in [1.29, 1.82) is 0 Å². The summed E-state index contributed by atoms with van der Waals surface area (Å²) in [5.74, 6) is 0.